The first-order chi connectivity index (χ1) is 6.67. The first-order valence-corrected chi connectivity index (χ1v) is 3.47. The molecule has 1 fully saturated rings. The molecule has 1 heterocycles. The van der Waals surface area contributed by atoms with Gasteiger partial charge in [-0.2, -0.15) is 26.3 Å². The van der Waals surface area contributed by atoms with E-state index in [-0.39, 0.29) is 0 Å². The van der Waals surface area contributed by atoms with Gasteiger partial charge in [-0.15, -0.1) is 9.80 Å². The zero-order valence-electron chi connectivity index (χ0n) is 6.78. The molecule has 0 aromatic heterocycles. The largest absolute Gasteiger partial charge is 0.383 e. The molecule has 0 spiro atoms. The first-order valence-electron chi connectivity index (χ1n) is 3.47. The number of alkyl halides is 8. The smallest absolute Gasteiger partial charge is 0.233 e. The van der Waals surface area contributed by atoms with Gasteiger partial charge in [0.25, 0.3) is 0 Å². The molecule has 15 heavy (non-hydrogen) atoms. The number of rotatable bonds is 2. The molecule has 0 unspecified atom stereocenters. The van der Waals surface area contributed by atoms with Crippen molar-refractivity contribution in [2.75, 3.05) is 6.80 Å². The van der Waals surface area contributed by atoms with Crippen molar-refractivity contribution in [1.29, 1.82) is 0 Å². The van der Waals surface area contributed by atoms with E-state index in [0.29, 0.717) is 0 Å². The molecule has 1 atom stereocenters. The molecule has 0 radical (unpaired) electrons. The third-order valence-corrected chi connectivity index (χ3v) is 1.86. The van der Waals surface area contributed by atoms with Crippen LogP contribution in [0.3, 0.4) is 0 Å². The summed E-state index contributed by atoms with van der Waals surface area (Å²) in [7, 11) is 0. The van der Waals surface area contributed by atoms with E-state index in [1.54, 1.807) is 0 Å². The highest BCUT2D eigenvalue weighted by Gasteiger charge is 2.73. The van der Waals surface area contributed by atoms with Gasteiger partial charge in [-0.1, -0.05) is 0 Å². The summed E-state index contributed by atoms with van der Waals surface area (Å²) in [6.45, 7) is -6.62. The highest BCUT2D eigenvalue weighted by Crippen LogP contribution is 2.48. The first kappa shape index (κ1) is 12.4. The van der Waals surface area contributed by atoms with Crippen molar-refractivity contribution in [1.82, 2.24) is 9.80 Å². The van der Waals surface area contributed by atoms with Gasteiger partial charge in [-0.25, -0.2) is 8.78 Å². The van der Waals surface area contributed by atoms with Gasteiger partial charge in [-0.05, 0) is 0 Å². The van der Waals surface area contributed by atoms with Crippen molar-refractivity contribution in [3.8, 4) is 0 Å². The lowest BCUT2D eigenvalue weighted by Gasteiger charge is -2.26. The predicted octanol–water partition coefficient (Wildman–Crippen LogP) is 2.19. The molecule has 1 aliphatic heterocycles. The van der Waals surface area contributed by atoms with E-state index in [2.05, 4.69) is 0 Å². The standard InChI is InChI=1S/C5H4F8N2/c6-1-14-4(10,11)2(7)15(3(8)9)5(14,12)13/h2-3H,1H2/t2-/m0/s1. The summed E-state index contributed by atoms with van der Waals surface area (Å²) in [6.07, 6.45) is -9.05. The van der Waals surface area contributed by atoms with E-state index < -0.39 is 41.7 Å². The molecule has 0 bridgehead atoms. The number of hydrogen-bond donors (Lipinski definition) is 0. The Bertz CT molecular complexity index is 243. The van der Waals surface area contributed by atoms with Crippen molar-refractivity contribution in [2.45, 2.75) is 25.1 Å². The fourth-order valence-corrected chi connectivity index (χ4v) is 1.12. The minimum Gasteiger partial charge on any atom is -0.233 e. The van der Waals surface area contributed by atoms with E-state index in [1.165, 1.54) is 0 Å². The second-order valence-electron chi connectivity index (χ2n) is 2.67. The lowest BCUT2D eigenvalue weighted by Crippen LogP contribution is -2.50. The lowest BCUT2D eigenvalue weighted by atomic mass is 10.5. The Labute approximate surface area is 78.0 Å². The zero-order chi connectivity index (χ0) is 12.0. The molecule has 0 amide bonds. The normalized spacial score (nSPS) is 31.4. The van der Waals surface area contributed by atoms with Gasteiger partial charge in [0.2, 0.25) is 6.30 Å². The van der Waals surface area contributed by atoms with Crippen LogP contribution in [-0.4, -0.2) is 41.7 Å². The summed E-state index contributed by atoms with van der Waals surface area (Å²) in [5.74, 6) is 0. The summed E-state index contributed by atoms with van der Waals surface area (Å²) in [4.78, 5) is -3.26. The Morgan fingerprint density at radius 2 is 1.60 bits per heavy atom. The molecule has 1 aliphatic rings. The van der Waals surface area contributed by atoms with Crippen molar-refractivity contribution >= 4 is 0 Å². The van der Waals surface area contributed by atoms with Crippen LogP contribution in [0.4, 0.5) is 35.1 Å². The van der Waals surface area contributed by atoms with Crippen molar-refractivity contribution in [3.05, 3.63) is 0 Å². The second-order valence-corrected chi connectivity index (χ2v) is 2.67. The highest BCUT2D eigenvalue weighted by molar-refractivity contribution is 4.91. The number of nitrogens with zero attached hydrogens (tertiary/aromatic N) is 2. The quantitative estimate of drug-likeness (QED) is 0.542. The highest BCUT2D eigenvalue weighted by atomic mass is 19.3. The van der Waals surface area contributed by atoms with Crippen LogP contribution in [0, 0.1) is 0 Å². The molecule has 0 aromatic rings. The molecule has 0 N–H and O–H groups in total. The SMILES string of the molecule is FCN1C(F)(F)[C@@H](F)N(C(F)F)C1(F)F. The van der Waals surface area contributed by atoms with Crippen LogP contribution in [0.5, 0.6) is 0 Å². The average Bonchev–Trinajstić information content (AvgIpc) is 2.14. The Kier molecular flexibility index (Phi) is 2.85. The molecule has 0 aliphatic carbocycles. The Morgan fingerprint density at radius 3 is 1.80 bits per heavy atom. The number of hydrogen-bond acceptors (Lipinski definition) is 2. The van der Waals surface area contributed by atoms with Crippen molar-refractivity contribution in [2.24, 2.45) is 0 Å². The monoisotopic (exact) mass is 244 g/mol. The summed E-state index contributed by atoms with van der Waals surface area (Å²) in [5, 5.41) is 0. The molecule has 2 nitrogen and oxygen atoms in total. The molecule has 10 heteroatoms. The van der Waals surface area contributed by atoms with Crippen LogP contribution in [-0.2, 0) is 0 Å². The van der Waals surface area contributed by atoms with E-state index in [4.69, 9.17) is 0 Å². The summed E-state index contributed by atoms with van der Waals surface area (Å²) in [6, 6.07) is -5.01. The van der Waals surface area contributed by atoms with Gasteiger partial charge in [0, 0.05) is 0 Å². The summed E-state index contributed by atoms with van der Waals surface area (Å²) < 4.78 is 98.6. The van der Waals surface area contributed by atoms with Crippen molar-refractivity contribution in [3.63, 3.8) is 0 Å². The van der Waals surface area contributed by atoms with E-state index in [1.807, 2.05) is 0 Å². The molecule has 90 valence electrons. The molecular formula is C5H4F8N2. The minimum absolute atomic E-state index is 1.57. The molecule has 1 rings (SSSR count). The van der Waals surface area contributed by atoms with E-state index in [0.717, 1.165) is 0 Å². The average molecular weight is 244 g/mol. The fraction of sp³-hybridized carbons (Fsp3) is 1.00. The van der Waals surface area contributed by atoms with E-state index in [9.17, 15) is 35.1 Å². The van der Waals surface area contributed by atoms with Crippen LogP contribution in [0.15, 0.2) is 0 Å². The van der Waals surface area contributed by atoms with Crippen LogP contribution in [0.2, 0.25) is 0 Å². The van der Waals surface area contributed by atoms with Gasteiger partial charge in [0.15, 0.2) is 6.80 Å². The number of halogens is 8. The van der Waals surface area contributed by atoms with Gasteiger partial charge >= 0.3 is 18.8 Å². The van der Waals surface area contributed by atoms with Gasteiger partial charge in [-0.3, -0.25) is 0 Å². The van der Waals surface area contributed by atoms with E-state index >= 15 is 0 Å². The van der Waals surface area contributed by atoms with Gasteiger partial charge < -0.3 is 0 Å². The van der Waals surface area contributed by atoms with Crippen LogP contribution < -0.4 is 0 Å². The maximum absolute atomic E-state index is 12.7. The summed E-state index contributed by atoms with van der Waals surface area (Å²) >= 11 is 0. The topological polar surface area (TPSA) is 6.48 Å². The lowest BCUT2D eigenvalue weighted by molar-refractivity contribution is -0.292. The molecule has 0 aromatic carbocycles. The molecular weight excluding hydrogens is 240 g/mol. The maximum atomic E-state index is 12.7. The van der Waals surface area contributed by atoms with Crippen LogP contribution >= 0.6 is 0 Å². The van der Waals surface area contributed by atoms with Gasteiger partial charge in [0.05, 0.1) is 0 Å². The summed E-state index contributed by atoms with van der Waals surface area (Å²) in [5.41, 5.74) is 0. The minimum atomic E-state index is -5.08. The van der Waals surface area contributed by atoms with Crippen LogP contribution in [0.1, 0.15) is 0 Å². The van der Waals surface area contributed by atoms with Gasteiger partial charge in [0.1, 0.15) is 0 Å². The Hall–Kier alpha value is -0.640. The predicted molar refractivity (Wildman–Crippen MR) is 30.4 cm³/mol. The third kappa shape index (κ3) is 1.55. The van der Waals surface area contributed by atoms with Crippen molar-refractivity contribution < 1.29 is 35.1 Å². The Balaban J connectivity index is 3.14. The second kappa shape index (κ2) is 3.44. The molecule has 0 saturated carbocycles. The fourth-order valence-electron chi connectivity index (χ4n) is 1.12. The maximum Gasteiger partial charge on any atom is 0.383 e. The molecule has 1 saturated heterocycles. The zero-order valence-corrected chi connectivity index (χ0v) is 6.78. The third-order valence-electron chi connectivity index (χ3n) is 1.86. The Morgan fingerprint density at radius 1 is 1.13 bits per heavy atom. The van der Waals surface area contributed by atoms with Crippen LogP contribution in [0.25, 0.3) is 0 Å².